The molecule has 0 amide bonds. The monoisotopic (exact) mass is 653 g/mol. The Hall–Kier alpha value is -6.95. The molecule has 6 aromatic carbocycles. The summed E-state index contributed by atoms with van der Waals surface area (Å²) in [6, 6.07) is 52.7. The molecule has 1 aliphatic rings. The number of para-hydroxylation sites is 3. The number of fused-ring (bicyclic) bond motifs is 5. The maximum absolute atomic E-state index is 10.2. The largest absolute Gasteiger partial charge is 0.310 e. The molecule has 2 aromatic heterocycles. The zero-order chi connectivity index (χ0) is 34.7. The molecule has 0 unspecified atom stereocenters. The van der Waals surface area contributed by atoms with Gasteiger partial charge in [0.2, 0.25) is 0 Å². The second kappa shape index (κ2) is 11.6. The Kier molecular flexibility index (Phi) is 6.85. The van der Waals surface area contributed by atoms with Crippen LogP contribution in [0.1, 0.15) is 36.1 Å². The summed E-state index contributed by atoms with van der Waals surface area (Å²) in [6.07, 6.45) is 3.79. The first-order chi connectivity index (χ1) is 25.0. The summed E-state index contributed by atoms with van der Waals surface area (Å²) in [6.45, 7) is 4.59. The molecule has 51 heavy (non-hydrogen) atoms. The van der Waals surface area contributed by atoms with Crippen molar-refractivity contribution in [3.8, 4) is 40.1 Å². The lowest BCUT2D eigenvalue weighted by atomic mass is 9.73. The van der Waals surface area contributed by atoms with E-state index in [1.54, 1.807) is 18.2 Å². The van der Waals surface area contributed by atoms with Crippen LogP contribution in [0.3, 0.4) is 0 Å². The third-order valence-electron chi connectivity index (χ3n) is 10.3. The van der Waals surface area contributed by atoms with Crippen molar-refractivity contribution in [1.29, 1.82) is 10.5 Å². The number of anilines is 3. The second-order valence-electron chi connectivity index (χ2n) is 13.5. The van der Waals surface area contributed by atoms with Gasteiger partial charge in [-0.15, -0.1) is 0 Å². The molecule has 9 rings (SSSR count). The lowest BCUT2D eigenvalue weighted by Crippen LogP contribution is -2.30. The van der Waals surface area contributed by atoms with Crippen LogP contribution in [0.15, 0.2) is 152 Å². The van der Waals surface area contributed by atoms with Crippen molar-refractivity contribution < 1.29 is 0 Å². The zero-order valence-corrected chi connectivity index (χ0v) is 28.2. The summed E-state index contributed by atoms with van der Waals surface area (Å²) in [5.41, 5.74) is 13.0. The molecule has 0 saturated carbocycles. The highest BCUT2D eigenvalue weighted by molar-refractivity contribution is 6.09. The standard InChI is InChI=1S/C46H31N5/c1-46(2)39-17-6-9-20-43(39)51(44-21-10-7-18-40(44)46)34-25-32(35-14-3-4-16-37(35)45-30(27-47)12-11-13-31(45)28-48)24-33(26-34)50-41-19-8-5-15-36(41)38-29-49-23-22-42(38)50/h3-26,29H,1-2H3. The van der Waals surface area contributed by atoms with Gasteiger partial charge in [-0.3, -0.25) is 4.98 Å². The fraction of sp³-hybridized carbons (Fsp3) is 0.0652. The number of nitriles is 2. The summed E-state index contributed by atoms with van der Waals surface area (Å²) < 4.78 is 2.32. The van der Waals surface area contributed by atoms with Crippen molar-refractivity contribution in [1.82, 2.24) is 9.55 Å². The lowest BCUT2D eigenvalue weighted by Gasteiger charge is -2.42. The van der Waals surface area contributed by atoms with Crippen LogP contribution in [-0.2, 0) is 5.41 Å². The molecule has 0 radical (unpaired) electrons. The van der Waals surface area contributed by atoms with Crippen LogP contribution in [0.2, 0.25) is 0 Å². The number of aromatic nitrogens is 2. The predicted molar refractivity (Wildman–Crippen MR) is 206 cm³/mol. The number of benzene rings is 6. The van der Waals surface area contributed by atoms with Gasteiger partial charge in [-0.1, -0.05) is 98.8 Å². The van der Waals surface area contributed by atoms with E-state index in [2.05, 4.69) is 144 Å². The third-order valence-corrected chi connectivity index (χ3v) is 10.3. The molecule has 0 bridgehead atoms. The van der Waals surface area contributed by atoms with Crippen LogP contribution < -0.4 is 4.90 Å². The van der Waals surface area contributed by atoms with Gasteiger partial charge < -0.3 is 9.47 Å². The molecule has 240 valence electrons. The van der Waals surface area contributed by atoms with E-state index in [1.807, 2.05) is 30.6 Å². The van der Waals surface area contributed by atoms with Crippen LogP contribution in [-0.4, -0.2) is 9.55 Å². The molecule has 0 aliphatic carbocycles. The summed E-state index contributed by atoms with van der Waals surface area (Å²) in [7, 11) is 0. The zero-order valence-electron chi connectivity index (χ0n) is 28.2. The van der Waals surface area contributed by atoms with E-state index in [0.717, 1.165) is 61.2 Å². The van der Waals surface area contributed by atoms with Crippen LogP contribution in [0.5, 0.6) is 0 Å². The molecule has 5 heteroatoms. The highest BCUT2D eigenvalue weighted by atomic mass is 15.2. The average molecular weight is 654 g/mol. The number of pyridine rings is 1. The van der Waals surface area contributed by atoms with E-state index in [9.17, 15) is 10.5 Å². The quantitative estimate of drug-likeness (QED) is 0.190. The molecule has 1 aliphatic heterocycles. The maximum Gasteiger partial charge on any atom is 0.0998 e. The molecule has 0 fully saturated rings. The second-order valence-corrected chi connectivity index (χ2v) is 13.5. The highest BCUT2D eigenvalue weighted by Gasteiger charge is 2.36. The van der Waals surface area contributed by atoms with Crippen molar-refractivity contribution in [3.05, 3.63) is 174 Å². The van der Waals surface area contributed by atoms with E-state index in [4.69, 9.17) is 0 Å². The fourth-order valence-corrected chi connectivity index (χ4v) is 8.03. The molecule has 3 heterocycles. The van der Waals surface area contributed by atoms with Gasteiger partial charge in [-0.2, -0.15) is 10.5 Å². The van der Waals surface area contributed by atoms with Crippen LogP contribution >= 0.6 is 0 Å². The van der Waals surface area contributed by atoms with Crippen molar-refractivity contribution in [2.45, 2.75) is 19.3 Å². The van der Waals surface area contributed by atoms with Gasteiger partial charge in [-0.05, 0) is 82.4 Å². The van der Waals surface area contributed by atoms with Gasteiger partial charge in [0.1, 0.15) is 0 Å². The van der Waals surface area contributed by atoms with Crippen molar-refractivity contribution >= 4 is 38.9 Å². The Balaban J connectivity index is 1.39. The van der Waals surface area contributed by atoms with Gasteiger partial charge in [0.15, 0.2) is 0 Å². The van der Waals surface area contributed by atoms with Gasteiger partial charge in [0, 0.05) is 45.5 Å². The Labute approximate surface area is 296 Å². The predicted octanol–water partition coefficient (Wildman–Crippen LogP) is 11.4. The van der Waals surface area contributed by atoms with E-state index in [1.165, 1.54) is 11.1 Å². The summed E-state index contributed by atoms with van der Waals surface area (Å²) in [5, 5.41) is 22.6. The van der Waals surface area contributed by atoms with Crippen LogP contribution in [0.25, 0.3) is 49.7 Å². The Morgan fingerprint density at radius 2 is 1.16 bits per heavy atom. The van der Waals surface area contributed by atoms with Gasteiger partial charge >= 0.3 is 0 Å². The Morgan fingerprint density at radius 3 is 1.86 bits per heavy atom. The van der Waals surface area contributed by atoms with Crippen molar-refractivity contribution in [2.24, 2.45) is 0 Å². The minimum absolute atomic E-state index is 0.203. The Bertz CT molecular complexity index is 2640. The summed E-state index contributed by atoms with van der Waals surface area (Å²) in [5.74, 6) is 0. The van der Waals surface area contributed by atoms with Gasteiger partial charge in [-0.25, -0.2) is 0 Å². The number of hydrogen-bond donors (Lipinski definition) is 0. The molecular formula is C46H31N5. The topological polar surface area (TPSA) is 68.6 Å². The number of rotatable bonds is 4. The van der Waals surface area contributed by atoms with E-state index < -0.39 is 0 Å². The molecule has 0 saturated heterocycles. The SMILES string of the molecule is CC1(C)c2ccccc2N(c2cc(-c3ccccc3-c3c(C#N)cccc3C#N)cc(-n3c4ccccc4c4cnccc43)c2)c2ccccc21. The molecule has 0 atom stereocenters. The number of nitrogens with zero attached hydrogens (tertiary/aromatic N) is 5. The van der Waals surface area contributed by atoms with Crippen molar-refractivity contribution in [3.63, 3.8) is 0 Å². The third kappa shape index (κ3) is 4.57. The summed E-state index contributed by atoms with van der Waals surface area (Å²) in [4.78, 5) is 6.87. The van der Waals surface area contributed by atoms with Gasteiger partial charge in [0.25, 0.3) is 0 Å². The minimum atomic E-state index is -0.203. The minimum Gasteiger partial charge on any atom is -0.310 e. The van der Waals surface area contributed by atoms with Crippen molar-refractivity contribution in [2.75, 3.05) is 4.90 Å². The van der Waals surface area contributed by atoms with E-state index in [0.29, 0.717) is 16.7 Å². The maximum atomic E-state index is 10.2. The summed E-state index contributed by atoms with van der Waals surface area (Å²) >= 11 is 0. The van der Waals surface area contributed by atoms with Crippen LogP contribution in [0, 0.1) is 22.7 Å². The first kappa shape index (κ1) is 30.1. The van der Waals surface area contributed by atoms with E-state index in [-0.39, 0.29) is 5.41 Å². The van der Waals surface area contributed by atoms with E-state index >= 15 is 0 Å². The first-order valence-electron chi connectivity index (χ1n) is 17.0. The molecule has 0 N–H and O–H groups in total. The van der Waals surface area contributed by atoms with Crippen LogP contribution in [0.4, 0.5) is 17.1 Å². The average Bonchev–Trinajstić information content (AvgIpc) is 3.52. The molecule has 5 nitrogen and oxygen atoms in total. The van der Waals surface area contributed by atoms with Gasteiger partial charge in [0.05, 0.1) is 45.7 Å². The molecule has 8 aromatic rings. The molecular weight excluding hydrogens is 623 g/mol. The fourth-order valence-electron chi connectivity index (χ4n) is 8.03. The lowest BCUT2D eigenvalue weighted by molar-refractivity contribution is 0.632. The molecule has 0 spiro atoms. The normalized spacial score (nSPS) is 13.0. The first-order valence-corrected chi connectivity index (χ1v) is 17.0. The Morgan fingerprint density at radius 1 is 0.569 bits per heavy atom. The highest BCUT2D eigenvalue weighted by Crippen LogP contribution is 2.52. The number of hydrogen-bond acceptors (Lipinski definition) is 4. The smallest absolute Gasteiger partial charge is 0.0998 e.